The summed E-state index contributed by atoms with van der Waals surface area (Å²) in [6, 6.07) is -0.457. The first-order valence-corrected chi connectivity index (χ1v) is 6.93. The summed E-state index contributed by atoms with van der Waals surface area (Å²) in [6.45, 7) is 11.8. The number of hydrogen-bond donors (Lipinski definition) is 0. The third kappa shape index (κ3) is 4.37. The van der Waals surface area contributed by atoms with Crippen molar-refractivity contribution in [1.82, 2.24) is 4.90 Å². The number of amides is 1. The highest BCUT2D eigenvalue weighted by atomic mass is 16.6. The normalized spacial score (nSPS) is 21.4. The molecule has 1 rings (SSSR count). The number of carbonyl (C=O) groups is 2. The van der Waals surface area contributed by atoms with E-state index in [1.54, 1.807) is 11.0 Å². The van der Waals surface area contributed by atoms with Crippen LogP contribution < -0.4 is 0 Å². The topological polar surface area (TPSA) is 46.6 Å². The largest absolute Gasteiger partial charge is 0.458 e. The van der Waals surface area contributed by atoms with Gasteiger partial charge < -0.3 is 9.64 Å². The molecule has 0 radical (unpaired) electrons. The van der Waals surface area contributed by atoms with Gasteiger partial charge in [-0.05, 0) is 27.2 Å². The summed E-state index contributed by atoms with van der Waals surface area (Å²) in [7, 11) is 0. The molecule has 19 heavy (non-hydrogen) atoms. The van der Waals surface area contributed by atoms with Gasteiger partial charge in [0.2, 0.25) is 5.91 Å². The van der Waals surface area contributed by atoms with E-state index in [0.29, 0.717) is 19.4 Å². The fraction of sp³-hybridized carbons (Fsp3) is 0.733. The van der Waals surface area contributed by atoms with Crippen LogP contribution in [0, 0.1) is 5.92 Å². The second kappa shape index (κ2) is 6.22. The standard InChI is InChI=1S/C15H25NO3/c1-6-8-12(14(18)19-15(3,4)5)16-10-11(7-2)9-13(16)17/h7,11-12H,2,6,8-10H2,1,3-5H3. The highest BCUT2D eigenvalue weighted by Crippen LogP contribution is 2.24. The van der Waals surface area contributed by atoms with E-state index in [-0.39, 0.29) is 17.8 Å². The van der Waals surface area contributed by atoms with E-state index in [9.17, 15) is 9.59 Å². The number of rotatable bonds is 5. The molecular formula is C15H25NO3. The molecule has 108 valence electrons. The summed E-state index contributed by atoms with van der Waals surface area (Å²) >= 11 is 0. The van der Waals surface area contributed by atoms with Crippen molar-refractivity contribution in [3.8, 4) is 0 Å². The minimum Gasteiger partial charge on any atom is -0.458 e. The number of nitrogens with zero attached hydrogens (tertiary/aromatic N) is 1. The van der Waals surface area contributed by atoms with E-state index >= 15 is 0 Å². The number of hydrogen-bond acceptors (Lipinski definition) is 3. The van der Waals surface area contributed by atoms with Crippen molar-refractivity contribution < 1.29 is 14.3 Å². The second-order valence-electron chi connectivity index (χ2n) is 6.08. The third-order valence-corrected chi connectivity index (χ3v) is 3.14. The Labute approximate surface area is 115 Å². The van der Waals surface area contributed by atoms with Crippen molar-refractivity contribution in [2.24, 2.45) is 5.92 Å². The molecular weight excluding hydrogens is 242 g/mol. The number of ether oxygens (including phenoxy) is 1. The fourth-order valence-electron chi connectivity index (χ4n) is 2.26. The van der Waals surface area contributed by atoms with Crippen molar-refractivity contribution in [1.29, 1.82) is 0 Å². The number of carbonyl (C=O) groups excluding carboxylic acids is 2. The molecule has 0 aromatic carbocycles. The van der Waals surface area contributed by atoms with Gasteiger partial charge in [0.25, 0.3) is 0 Å². The molecule has 1 amide bonds. The Kier molecular flexibility index (Phi) is 5.15. The highest BCUT2D eigenvalue weighted by Gasteiger charge is 2.37. The maximum Gasteiger partial charge on any atom is 0.329 e. The zero-order chi connectivity index (χ0) is 14.6. The van der Waals surface area contributed by atoms with Gasteiger partial charge in [0.05, 0.1) is 0 Å². The third-order valence-electron chi connectivity index (χ3n) is 3.14. The SMILES string of the molecule is C=CC1CC(=O)N(C(CCC)C(=O)OC(C)(C)C)C1. The molecule has 2 unspecified atom stereocenters. The first-order chi connectivity index (χ1) is 8.78. The summed E-state index contributed by atoms with van der Waals surface area (Å²) in [5.74, 6) is -0.129. The molecule has 1 saturated heterocycles. The average Bonchev–Trinajstić information content (AvgIpc) is 2.65. The zero-order valence-corrected chi connectivity index (χ0v) is 12.4. The lowest BCUT2D eigenvalue weighted by atomic mass is 10.1. The maximum absolute atomic E-state index is 12.2. The van der Waals surface area contributed by atoms with E-state index < -0.39 is 11.6 Å². The number of esters is 1. The quantitative estimate of drug-likeness (QED) is 0.568. The first kappa shape index (κ1) is 15.7. The predicted octanol–water partition coefficient (Wildman–Crippen LogP) is 2.53. The van der Waals surface area contributed by atoms with Crippen molar-refractivity contribution >= 4 is 11.9 Å². The summed E-state index contributed by atoms with van der Waals surface area (Å²) in [5.41, 5.74) is -0.524. The summed E-state index contributed by atoms with van der Waals surface area (Å²) in [4.78, 5) is 25.9. The van der Waals surface area contributed by atoms with Gasteiger partial charge in [0.1, 0.15) is 11.6 Å². The van der Waals surface area contributed by atoms with Crippen LogP contribution in [0.4, 0.5) is 0 Å². The molecule has 4 nitrogen and oxygen atoms in total. The smallest absolute Gasteiger partial charge is 0.329 e. The van der Waals surface area contributed by atoms with Crippen LogP contribution in [-0.2, 0) is 14.3 Å². The maximum atomic E-state index is 12.2. The molecule has 1 aliphatic heterocycles. The van der Waals surface area contributed by atoms with Crippen molar-refractivity contribution in [2.75, 3.05) is 6.54 Å². The van der Waals surface area contributed by atoms with Gasteiger partial charge in [-0.25, -0.2) is 4.79 Å². The molecule has 1 heterocycles. The molecule has 0 N–H and O–H groups in total. The summed E-state index contributed by atoms with van der Waals surface area (Å²) in [5, 5.41) is 0. The van der Waals surface area contributed by atoms with Crippen molar-refractivity contribution in [2.45, 2.75) is 58.6 Å². The van der Waals surface area contributed by atoms with Crippen LogP contribution in [-0.4, -0.2) is 35.0 Å². The van der Waals surface area contributed by atoms with E-state index in [1.807, 2.05) is 27.7 Å². The van der Waals surface area contributed by atoms with Gasteiger partial charge in [-0.2, -0.15) is 0 Å². The minimum absolute atomic E-state index is 0.0224. The highest BCUT2D eigenvalue weighted by molar-refractivity contribution is 5.86. The lowest BCUT2D eigenvalue weighted by Gasteiger charge is -2.29. The second-order valence-corrected chi connectivity index (χ2v) is 6.08. The lowest BCUT2D eigenvalue weighted by molar-refractivity contribution is -0.164. The molecule has 0 aliphatic carbocycles. The summed E-state index contributed by atoms with van der Waals surface area (Å²) < 4.78 is 5.42. The van der Waals surface area contributed by atoms with E-state index in [1.165, 1.54) is 0 Å². The van der Waals surface area contributed by atoms with Crippen molar-refractivity contribution in [3.05, 3.63) is 12.7 Å². The van der Waals surface area contributed by atoms with Gasteiger partial charge in [0.15, 0.2) is 0 Å². The van der Waals surface area contributed by atoms with Crippen LogP contribution in [0.1, 0.15) is 47.0 Å². The van der Waals surface area contributed by atoms with Gasteiger partial charge in [-0.1, -0.05) is 19.4 Å². The molecule has 0 bridgehead atoms. The molecule has 1 aliphatic rings. The Hall–Kier alpha value is -1.32. The molecule has 0 spiro atoms. The van der Waals surface area contributed by atoms with Gasteiger partial charge in [-0.15, -0.1) is 6.58 Å². The van der Waals surface area contributed by atoms with Gasteiger partial charge >= 0.3 is 5.97 Å². The molecule has 1 fully saturated rings. The zero-order valence-electron chi connectivity index (χ0n) is 12.4. The van der Waals surface area contributed by atoms with Crippen LogP contribution in [0.15, 0.2) is 12.7 Å². The Morgan fingerprint density at radius 3 is 2.63 bits per heavy atom. The van der Waals surface area contributed by atoms with Crippen LogP contribution in [0.2, 0.25) is 0 Å². The van der Waals surface area contributed by atoms with Gasteiger partial charge in [0, 0.05) is 18.9 Å². The van der Waals surface area contributed by atoms with Gasteiger partial charge in [-0.3, -0.25) is 4.79 Å². The summed E-state index contributed by atoms with van der Waals surface area (Å²) in [6.07, 6.45) is 3.72. The van der Waals surface area contributed by atoms with Crippen LogP contribution in [0.25, 0.3) is 0 Å². The van der Waals surface area contributed by atoms with E-state index in [2.05, 4.69) is 6.58 Å². The Morgan fingerprint density at radius 1 is 1.58 bits per heavy atom. The molecule has 0 aromatic heterocycles. The van der Waals surface area contributed by atoms with Crippen LogP contribution in [0.3, 0.4) is 0 Å². The molecule has 0 saturated carbocycles. The molecule has 4 heteroatoms. The van der Waals surface area contributed by atoms with Crippen LogP contribution >= 0.6 is 0 Å². The Bertz CT molecular complexity index is 357. The lowest BCUT2D eigenvalue weighted by Crippen LogP contribution is -2.45. The Balaban J connectivity index is 2.80. The minimum atomic E-state index is -0.524. The van der Waals surface area contributed by atoms with Crippen molar-refractivity contribution in [3.63, 3.8) is 0 Å². The average molecular weight is 267 g/mol. The predicted molar refractivity (Wildman–Crippen MR) is 74.6 cm³/mol. The molecule has 0 aromatic rings. The monoisotopic (exact) mass is 267 g/mol. The Morgan fingerprint density at radius 2 is 2.21 bits per heavy atom. The molecule has 2 atom stereocenters. The van der Waals surface area contributed by atoms with E-state index in [4.69, 9.17) is 4.74 Å². The fourth-order valence-corrected chi connectivity index (χ4v) is 2.26. The number of likely N-dealkylation sites (tertiary alicyclic amines) is 1. The van der Waals surface area contributed by atoms with E-state index in [0.717, 1.165) is 6.42 Å². The first-order valence-electron chi connectivity index (χ1n) is 6.93. The van der Waals surface area contributed by atoms with Crippen LogP contribution in [0.5, 0.6) is 0 Å².